The monoisotopic (exact) mass is 560 g/mol. The highest BCUT2D eigenvalue weighted by Gasteiger charge is 3.01. The van der Waals surface area contributed by atoms with Gasteiger partial charge in [-0.2, -0.15) is 5.09 Å². The minimum Gasteiger partial charge on any atom is -0.462 e. The van der Waals surface area contributed by atoms with Crippen molar-refractivity contribution in [3.63, 3.8) is 0 Å². The average molecular weight is 561 g/mol. The second-order valence-corrected chi connectivity index (χ2v) is 12.0. The number of benzene rings is 1. The van der Waals surface area contributed by atoms with Crippen molar-refractivity contribution in [2.75, 3.05) is 12.3 Å². The van der Waals surface area contributed by atoms with Crippen LogP contribution >= 0.6 is 7.75 Å². The van der Waals surface area contributed by atoms with Crippen LogP contribution < -0.4 is 15.3 Å². The van der Waals surface area contributed by atoms with E-state index < -0.39 is 48.9 Å². The molecule has 14 nitrogen and oxygen atoms in total. The minimum atomic E-state index is -4.20. The van der Waals surface area contributed by atoms with Gasteiger partial charge in [0.2, 0.25) is 0 Å². The Kier molecular flexibility index (Phi) is 5.81. The van der Waals surface area contributed by atoms with Gasteiger partial charge < -0.3 is 29.6 Å². The topological polar surface area (TPSA) is 182 Å². The van der Waals surface area contributed by atoms with Crippen LogP contribution in [0, 0.1) is 0 Å². The highest BCUT2D eigenvalue weighted by atomic mass is 31.2. The van der Waals surface area contributed by atoms with Crippen LogP contribution in [0.25, 0.3) is 11.2 Å². The van der Waals surface area contributed by atoms with Gasteiger partial charge in [-0.1, -0.05) is 18.2 Å². The summed E-state index contributed by atoms with van der Waals surface area (Å²) in [6.45, 7) is 6.24. The van der Waals surface area contributed by atoms with Crippen LogP contribution in [0.3, 0.4) is 0 Å². The maximum absolute atomic E-state index is 13.9. The number of ether oxygens (including phenoxy) is 3. The van der Waals surface area contributed by atoms with Crippen molar-refractivity contribution in [3.8, 4) is 5.75 Å². The first kappa shape index (κ1) is 26.1. The molecule has 0 amide bonds. The molecule has 6 rings (SSSR count). The number of esters is 1. The second-order valence-electron chi connectivity index (χ2n) is 10.3. The molecule has 2 aliphatic heterocycles. The summed E-state index contributed by atoms with van der Waals surface area (Å²) in [4.78, 5) is 24.9. The Labute approximate surface area is 223 Å². The largest absolute Gasteiger partial charge is 0.462 e. The Morgan fingerprint density at radius 1 is 1.23 bits per heavy atom. The fraction of sp³-hybridized carbons (Fsp3) is 0.500. The van der Waals surface area contributed by atoms with E-state index in [1.807, 2.05) is 0 Å². The fourth-order valence-corrected chi connectivity index (χ4v) is 6.92. The van der Waals surface area contributed by atoms with E-state index in [9.17, 15) is 14.5 Å². The average Bonchev–Trinajstić information content (AvgIpc) is 3.15. The molecule has 15 heteroatoms. The van der Waals surface area contributed by atoms with Crippen LogP contribution in [-0.2, 0) is 28.1 Å². The smallest absolute Gasteiger partial charge is 0.459 e. The number of nitrogens with zero attached hydrogens (tertiary/aromatic N) is 4. The number of para-hydroxylation sites is 1. The highest BCUT2D eigenvalue weighted by Crippen LogP contribution is 2.78. The normalized spacial score (nSPS) is 32.8. The molecule has 3 aliphatic rings. The van der Waals surface area contributed by atoms with Gasteiger partial charge in [0.05, 0.1) is 19.0 Å². The molecule has 0 bridgehead atoms. The summed E-state index contributed by atoms with van der Waals surface area (Å²) in [5.74, 6) is -0.178. The van der Waals surface area contributed by atoms with E-state index in [0.29, 0.717) is 11.2 Å². The van der Waals surface area contributed by atoms with E-state index in [2.05, 4.69) is 20.0 Å². The van der Waals surface area contributed by atoms with Crippen LogP contribution in [0.1, 0.15) is 33.9 Å². The third-order valence-electron chi connectivity index (χ3n) is 7.39. The summed E-state index contributed by atoms with van der Waals surface area (Å²) in [6.07, 6.45) is 0.857. The molecule has 0 radical (unpaired) electrons. The molecule has 3 unspecified atom stereocenters. The number of aromatic nitrogens is 4. The second kappa shape index (κ2) is 8.68. The van der Waals surface area contributed by atoms with Crippen molar-refractivity contribution in [3.05, 3.63) is 43.0 Å². The maximum Gasteiger partial charge on any atom is 0.459 e. The number of rotatable bonds is 10. The lowest BCUT2D eigenvalue weighted by Gasteiger charge is -2.45. The SMILES string of the molecule is CC(C)OC(=O)C(C)NP(=O)(OC[C@]12O[C@@H](n3cnc4c(N)ncnc43)[C@]3(C)OC1[C@@]23O)Oc1ccccc1. The zero-order valence-corrected chi connectivity index (χ0v) is 22.6. The van der Waals surface area contributed by atoms with Gasteiger partial charge in [0, 0.05) is 0 Å². The van der Waals surface area contributed by atoms with Crippen LogP contribution in [0.2, 0.25) is 0 Å². The summed E-state index contributed by atoms with van der Waals surface area (Å²) in [5.41, 5.74) is 2.72. The molecular formula is C24H29N6O8P. The Bertz CT molecular complexity index is 1490. The summed E-state index contributed by atoms with van der Waals surface area (Å²) in [5, 5.41) is 14.2. The number of hydrogen-bond donors (Lipinski definition) is 3. The third kappa shape index (κ3) is 3.70. The van der Waals surface area contributed by atoms with Crippen LogP contribution in [-0.4, -0.2) is 72.3 Å². The summed E-state index contributed by atoms with van der Waals surface area (Å²) >= 11 is 0. The molecule has 1 aliphatic carbocycles. The maximum atomic E-state index is 13.9. The highest BCUT2D eigenvalue weighted by molar-refractivity contribution is 7.52. The zero-order valence-electron chi connectivity index (χ0n) is 21.7. The number of carbonyl (C=O) groups excluding carboxylic acids is 1. The number of nitrogens with one attached hydrogen (secondary N) is 1. The van der Waals surface area contributed by atoms with Gasteiger partial charge in [-0.05, 0) is 39.8 Å². The summed E-state index contributed by atoms with van der Waals surface area (Å²) < 4.78 is 44.8. The van der Waals surface area contributed by atoms with Gasteiger partial charge in [-0.3, -0.25) is 13.9 Å². The van der Waals surface area contributed by atoms with Crippen LogP contribution in [0.5, 0.6) is 5.75 Å². The molecule has 0 spiro atoms. The van der Waals surface area contributed by atoms with Crippen molar-refractivity contribution < 1.29 is 37.7 Å². The number of fused-ring (bicyclic) bond motifs is 2. The molecule has 7 atom stereocenters. The summed E-state index contributed by atoms with van der Waals surface area (Å²) in [7, 11) is -4.20. The molecule has 39 heavy (non-hydrogen) atoms. The third-order valence-corrected chi connectivity index (χ3v) is 9.02. The first-order valence-corrected chi connectivity index (χ1v) is 14.0. The first-order valence-electron chi connectivity index (χ1n) is 12.4. The predicted molar refractivity (Wildman–Crippen MR) is 135 cm³/mol. The Hall–Kier alpha value is -3.13. The molecule has 208 valence electrons. The van der Waals surface area contributed by atoms with Gasteiger partial charge in [0.25, 0.3) is 0 Å². The van der Waals surface area contributed by atoms with E-state index in [1.54, 1.807) is 55.7 Å². The molecule has 1 aromatic carbocycles. The number of imidazole rings is 1. The molecular weight excluding hydrogens is 531 g/mol. The quantitative estimate of drug-likeness (QED) is 0.241. The number of anilines is 1. The van der Waals surface area contributed by atoms with Crippen molar-refractivity contribution in [2.24, 2.45) is 0 Å². The molecule has 4 N–H and O–H groups in total. The van der Waals surface area contributed by atoms with E-state index in [-0.39, 0.29) is 24.3 Å². The van der Waals surface area contributed by atoms with Gasteiger partial charge in [0.1, 0.15) is 35.3 Å². The molecule has 2 saturated heterocycles. The lowest BCUT2D eigenvalue weighted by Crippen LogP contribution is -2.60. The number of nitrogens with two attached hydrogens (primary N) is 1. The lowest BCUT2D eigenvalue weighted by molar-refractivity contribution is -0.294. The van der Waals surface area contributed by atoms with Crippen molar-refractivity contribution in [2.45, 2.75) is 69.0 Å². The number of aliphatic hydroxyl groups is 1. The Morgan fingerprint density at radius 2 is 1.97 bits per heavy atom. The van der Waals surface area contributed by atoms with Crippen LogP contribution in [0.15, 0.2) is 43.0 Å². The van der Waals surface area contributed by atoms with Crippen molar-refractivity contribution >= 4 is 30.7 Å². The molecule has 3 aromatic rings. The molecule has 1 saturated carbocycles. The van der Waals surface area contributed by atoms with E-state index >= 15 is 0 Å². The van der Waals surface area contributed by atoms with Gasteiger partial charge in [-0.25, -0.2) is 19.5 Å². The lowest BCUT2D eigenvalue weighted by atomic mass is 9.90. The Balaban J connectivity index is 1.26. The van der Waals surface area contributed by atoms with Gasteiger partial charge in [0.15, 0.2) is 28.9 Å². The Morgan fingerprint density at radius 3 is 2.69 bits per heavy atom. The first-order chi connectivity index (χ1) is 18.4. The number of hydrogen-bond acceptors (Lipinski definition) is 12. The molecule has 2 aromatic heterocycles. The van der Waals surface area contributed by atoms with Crippen LogP contribution in [0.4, 0.5) is 5.82 Å². The predicted octanol–water partition coefficient (Wildman–Crippen LogP) is 1.71. The standard InChI is InChI=1S/C24H29N6O8P/c1-13(2)35-19(31)14(3)29-39(33,38-15-8-6-5-7-9-15)34-10-23-20-24(23,32)22(4,36-20)21(37-23)30-12-28-16-17(25)26-11-27-18(16)30/h5-9,11-14,20-21,32H,10H2,1-4H3,(H,29,33)(H2,25,26,27)/t14?,20?,21-,22+,23+,24+,39?/m1/s1. The number of carbonyl (C=O) groups is 1. The fourth-order valence-electron chi connectivity index (χ4n) is 5.40. The number of nitrogen functional groups attached to an aromatic ring is 1. The van der Waals surface area contributed by atoms with E-state index in [4.69, 9.17) is 29.0 Å². The minimum absolute atomic E-state index is 0.200. The molecule has 4 heterocycles. The molecule has 3 fully saturated rings. The van der Waals surface area contributed by atoms with E-state index in [1.165, 1.54) is 19.6 Å². The van der Waals surface area contributed by atoms with E-state index in [0.717, 1.165) is 0 Å². The van der Waals surface area contributed by atoms with Gasteiger partial charge >= 0.3 is 13.7 Å². The van der Waals surface area contributed by atoms with Crippen molar-refractivity contribution in [1.82, 2.24) is 24.6 Å². The zero-order chi connectivity index (χ0) is 27.8. The summed E-state index contributed by atoms with van der Waals surface area (Å²) in [6, 6.07) is 7.35. The van der Waals surface area contributed by atoms with Crippen molar-refractivity contribution in [1.29, 1.82) is 0 Å². The van der Waals surface area contributed by atoms with Gasteiger partial charge in [-0.15, -0.1) is 0 Å².